The van der Waals surface area contributed by atoms with E-state index < -0.39 is 6.04 Å². The summed E-state index contributed by atoms with van der Waals surface area (Å²) in [5.74, 6) is 0.240. The summed E-state index contributed by atoms with van der Waals surface area (Å²) in [5.41, 5.74) is 5.90. The summed E-state index contributed by atoms with van der Waals surface area (Å²) in [4.78, 5) is 48.1. The third-order valence-electron chi connectivity index (χ3n) is 5.55. The van der Waals surface area contributed by atoms with Gasteiger partial charge in [-0.25, -0.2) is 0 Å². The molecule has 0 aromatic heterocycles. The Morgan fingerprint density at radius 3 is 2.13 bits per heavy atom. The standard InChI is InChI=1S/C24H41N3O4/c1-19(2)11-6-4-3-5-7-12-20(28)13-10-17-26-24(31)21(25)14-8-9-18-27-22(29)15-16-23(27)30/h15-16,19,21H,3-14,17-18,25H2,1-2H3,(H,26,31). The van der Waals surface area contributed by atoms with Crippen molar-refractivity contribution >= 4 is 23.5 Å². The second-order valence-corrected chi connectivity index (χ2v) is 8.90. The van der Waals surface area contributed by atoms with Crippen molar-refractivity contribution in [2.24, 2.45) is 11.7 Å². The minimum atomic E-state index is -0.616. The fourth-order valence-electron chi connectivity index (χ4n) is 3.58. The first-order valence-electron chi connectivity index (χ1n) is 11.9. The lowest BCUT2D eigenvalue weighted by atomic mass is 10.0. The van der Waals surface area contributed by atoms with Gasteiger partial charge in [0.1, 0.15) is 5.78 Å². The van der Waals surface area contributed by atoms with Crippen LogP contribution in [0.3, 0.4) is 0 Å². The summed E-state index contributed by atoms with van der Waals surface area (Å²) in [5, 5.41) is 2.79. The smallest absolute Gasteiger partial charge is 0.253 e. The third-order valence-corrected chi connectivity index (χ3v) is 5.55. The Labute approximate surface area is 187 Å². The quantitative estimate of drug-likeness (QED) is 0.254. The molecule has 0 aromatic carbocycles. The maximum Gasteiger partial charge on any atom is 0.253 e. The van der Waals surface area contributed by atoms with Crippen molar-refractivity contribution in [2.45, 2.75) is 96.9 Å². The molecule has 1 unspecified atom stereocenters. The Balaban J connectivity index is 1.97. The van der Waals surface area contributed by atoms with Gasteiger partial charge in [0.25, 0.3) is 11.8 Å². The highest BCUT2D eigenvalue weighted by atomic mass is 16.2. The number of imide groups is 1. The maximum atomic E-state index is 12.0. The van der Waals surface area contributed by atoms with Gasteiger partial charge in [0.2, 0.25) is 5.91 Å². The zero-order valence-electron chi connectivity index (χ0n) is 19.4. The normalized spacial score (nSPS) is 14.5. The molecule has 7 nitrogen and oxygen atoms in total. The number of carbonyl (C=O) groups excluding carboxylic acids is 4. The number of Topliss-reactive ketones (excluding diaryl/α,β-unsaturated/α-hetero) is 1. The number of nitrogens with zero attached hydrogens (tertiary/aromatic N) is 1. The van der Waals surface area contributed by atoms with E-state index in [4.69, 9.17) is 5.73 Å². The molecule has 0 saturated heterocycles. The van der Waals surface area contributed by atoms with Crippen molar-refractivity contribution in [3.8, 4) is 0 Å². The van der Waals surface area contributed by atoms with Crippen molar-refractivity contribution in [3.63, 3.8) is 0 Å². The Kier molecular flexibility index (Phi) is 13.7. The highest BCUT2D eigenvalue weighted by Crippen LogP contribution is 2.12. The SMILES string of the molecule is CC(C)CCCCCCCC(=O)CCCNC(=O)C(N)CCCCN1C(=O)C=CC1=O. The number of unbranched alkanes of at least 4 members (excludes halogenated alkanes) is 5. The summed E-state index contributed by atoms with van der Waals surface area (Å²) in [7, 11) is 0. The molecule has 176 valence electrons. The van der Waals surface area contributed by atoms with Crippen LogP contribution in [0, 0.1) is 5.92 Å². The molecule has 3 N–H and O–H groups in total. The monoisotopic (exact) mass is 435 g/mol. The molecule has 0 radical (unpaired) electrons. The number of hydrogen-bond donors (Lipinski definition) is 2. The number of rotatable bonds is 18. The molecule has 1 aliphatic rings. The lowest BCUT2D eigenvalue weighted by Gasteiger charge is -2.15. The van der Waals surface area contributed by atoms with Gasteiger partial charge in [0.15, 0.2) is 0 Å². The minimum Gasteiger partial charge on any atom is -0.355 e. The number of nitrogens with one attached hydrogen (secondary N) is 1. The summed E-state index contributed by atoms with van der Waals surface area (Å²) in [6.45, 7) is 5.30. The highest BCUT2D eigenvalue weighted by Gasteiger charge is 2.22. The second-order valence-electron chi connectivity index (χ2n) is 8.90. The van der Waals surface area contributed by atoms with E-state index in [9.17, 15) is 19.2 Å². The molecule has 0 spiro atoms. The van der Waals surface area contributed by atoms with Crippen molar-refractivity contribution in [1.29, 1.82) is 0 Å². The van der Waals surface area contributed by atoms with Crippen LogP contribution in [0.2, 0.25) is 0 Å². The lowest BCUT2D eigenvalue weighted by Crippen LogP contribution is -2.41. The fourth-order valence-corrected chi connectivity index (χ4v) is 3.58. The lowest BCUT2D eigenvalue weighted by molar-refractivity contribution is -0.137. The van der Waals surface area contributed by atoms with Gasteiger partial charge in [0, 0.05) is 38.1 Å². The van der Waals surface area contributed by atoms with E-state index in [-0.39, 0.29) is 23.5 Å². The van der Waals surface area contributed by atoms with Crippen LogP contribution in [0.25, 0.3) is 0 Å². The van der Waals surface area contributed by atoms with Gasteiger partial charge in [-0.2, -0.15) is 0 Å². The third kappa shape index (κ3) is 12.4. The number of ketones is 1. The fraction of sp³-hybridized carbons (Fsp3) is 0.750. The summed E-state index contributed by atoms with van der Waals surface area (Å²) in [6, 6.07) is -0.616. The largest absolute Gasteiger partial charge is 0.355 e. The molecule has 0 bridgehead atoms. The van der Waals surface area contributed by atoms with Gasteiger partial charge in [-0.05, 0) is 38.0 Å². The topological polar surface area (TPSA) is 110 Å². The van der Waals surface area contributed by atoms with E-state index in [1.807, 2.05) is 0 Å². The van der Waals surface area contributed by atoms with Crippen LogP contribution in [0.5, 0.6) is 0 Å². The maximum absolute atomic E-state index is 12.0. The molecule has 31 heavy (non-hydrogen) atoms. The van der Waals surface area contributed by atoms with Gasteiger partial charge in [-0.1, -0.05) is 46.0 Å². The Morgan fingerprint density at radius 1 is 0.871 bits per heavy atom. The van der Waals surface area contributed by atoms with E-state index >= 15 is 0 Å². The average Bonchev–Trinajstić information content (AvgIpc) is 3.04. The van der Waals surface area contributed by atoms with Crippen LogP contribution in [0.1, 0.15) is 90.9 Å². The number of carbonyl (C=O) groups is 4. The molecule has 1 heterocycles. The van der Waals surface area contributed by atoms with Crippen LogP contribution in [-0.2, 0) is 19.2 Å². The molecule has 0 aliphatic carbocycles. The van der Waals surface area contributed by atoms with Crippen molar-refractivity contribution in [3.05, 3.63) is 12.2 Å². The average molecular weight is 436 g/mol. The number of hydrogen-bond acceptors (Lipinski definition) is 5. The number of nitrogens with two attached hydrogens (primary N) is 1. The van der Waals surface area contributed by atoms with Gasteiger partial charge in [-0.3, -0.25) is 24.1 Å². The van der Waals surface area contributed by atoms with Crippen LogP contribution >= 0.6 is 0 Å². The summed E-state index contributed by atoms with van der Waals surface area (Å²) < 4.78 is 0. The van der Waals surface area contributed by atoms with Crippen molar-refractivity contribution < 1.29 is 19.2 Å². The molecule has 7 heteroatoms. The Morgan fingerprint density at radius 2 is 1.45 bits per heavy atom. The first-order valence-corrected chi connectivity index (χ1v) is 11.9. The van der Waals surface area contributed by atoms with E-state index in [2.05, 4.69) is 19.2 Å². The molecule has 3 amide bonds. The zero-order valence-corrected chi connectivity index (χ0v) is 19.4. The van der Waals surface area contributed by atoms with Crippen LogP contribution in [0.4, 0.5) is 0 Å². The van der Waals surface area contributed by atoms with E-state index in [1.165, 1.54) is 42.7 Å². The van der Waals surface area contributed by atoms with E-state index in [1.54, 1.807) is 0 Å². The predicted octanol–water partition coefficient (Wildman–Crippen LogP) is 3.26. The summed E-state index contributed by atoms with van der Waals surface area (Å²) >= 11 is 0. The van der Waals surface area contributed by atoms with Crippen LogP contribution < -0.4 is 11.1 Å². The van der Waals surface area contributed by atoms with E-state index in [0.717, 1.165) is 18.8 Å². The second kappa shape index (κ2) is 15.7. The molecule has 1 atom stereocenters. The Bertz CT molecular complexity index is 598. The molecule has 1 aliphatic heterocycles. The van der Waals surface area contributed by atoms with E-state index in [0.29, 0.717) is 51.6 Å². The van der Waals surface area contributed by atoms with Gasteiger partial charge in [-0.15, -0.1) is 0 Å². The molecular weight excluding hydrogens is 394 g/mol. The Hall–Kier alpha value is -2.02. The zero-order chi connectivity index (χ0) is 23.1. The summed E-state index contributed by atoms with van der Waals surface area (Å²) in [6.07, 6.45) is 13.2. The molecule has 0 aromatic rings. The molecule has 1 rings (SSSR count). The van der Waals surface area contributed by atoms with Crippen LogP contribution in [0.15, 0.2) is 12.2 Å². The van der Waals surface area contributed by atoms with Crippen molar-refractivity contribution in [1.82, 2.24) is 10.2 Å². The van der Waals surface area contributed by atoms with Gasteiger partial charge >= 0.3 is 0 Å². The van der Waals surface area contributed by atoms with Crippen molar-refractivity contribution in [2.75, 3.05) is 13.1 Å². The van der Waals surface area contributed by atoms with Gasteiger partial charge < -0.3 is 11.1 Å². The molecule has 0 saturated carbocycles. The minimum absolute atomic E-state index is 0.219. The van der Waals surface area contributed by atoms with Crippen LogP contribution in [-0.4, -0.2) is 47.5 Å². The van der Waals surface area contributed by atoms with Gasteiger partial charge in [0.05, 0.1) is 6.04 Å². The first kappa shape index (κ1) is 27.0. The first-order chi connectivity index (χ1) is 14.8. The predicted molar refractivity (Wildman–Crippen MR) is 122 cm³/mol. The molecular formula is C24H41N3O4. The highest BCUT2D eigenvalue weighted by molar-refractivity contribution is 6.12. The number of amides is 3. The molecule has 0 fully saturated rings.